The molecular weight excluding hydrogens is 797 g/mol. The summed E-state index contributed by atoms with van der Waals surface area (Å²) in [6.45, 7) is 0. The van der Waals surface area contributed by atoms with Crippen molar-refractivity contribution >= 4 is 105 Å². The minimum atomic E-state index is 0.523. The molecule has 0 amide bonds. The molecule has 25 heavy (non-hydrogen) atoms. The van der Waals surface area contributed by atoms with Gasteiger partial charge in [-0.25, -0.2) is 0 Å². The molecule has 2 heterocycles. The molecule has 0 atom stereocenters. The van der Waals surface area contributed by atoms with Crippen LogP contribution in [0.15, 0.2) is 57.2 Å². The van der Waals surface area contributed by atoms with Gasteiger partial charge in [-0.1, -0.05) is 47.8 Å². The van der Waals surface area contributed by atoms with Gasteiger partial charge >= 0.3 is 58.6 Å². The third kappa shape index (κ3) is 7.19. The Morgan fingerprint density at radius 3 is 1.44 bits per heavy atom. The van der Waals surface area contributed by atoms with E-state index in [0.717, 1.165) is 11.0 Å². The second-order valence-corrected chi connectivity index (χ2v) is 25.5. The maximum atomic E-state index is 4.44. The van der Waals surface area contributed by atoms with Crippen LogP contribution in [0.25, 0.3) is 20.4 Å². The molecule has 0 aliphatic rings. The molecule has 2 aromatic carbocycles. The van der Waals surface area contributed by atoms with Gasteiger partial charge < -0.3 is 0 Å². The van der Waals surface area contributed by atoms with Crippen LogP contribution in [-0.4, -0.2) is 22.5 Å². The van der Waals surface area contributed by atoms with Gasteiger partial charge in [-0.2, -0.15) is 9.97 Å². The molecule has 4 rings (SSSR count). The fraction of sp³-hybridized carbons (Fsp3) is 0.125. The summed E-state index contributed by atoms with van der Waals surface area (Å²) in [6.07, 6.45) is 4.13. The average molecular weight is 813 g/mol. The van der Waals surface area contributed by atoms with Gasteiger partial charge in [0.05, 0.1) is 0 Å². The van der Waals surface area contributed by atoms with Crippen LogP contribution in [-0.2, 0) is 11.2 Å². The van der Waals surface area contributed by atoms with Gasteiger partial charge in [0.15, 0.2) is 9.40 Å². The predicted molar refractivity (Wildman–Crippen MR) is 134 cm³/mol. The van der Waals surface area contributed by atoms with Crippen LogP contribution < -0.4 is 0 Å². The second-order valence-electron chi connectivity index (χ2n) is 4.44. The zero-order valence-electron chi connectivity index (χ0n) is 13.3. The Hall–Kier alpha value is 1.07. The molecule has 0 aliphatic carbocycles. The topological polar surface area (TPSA) is 25.8 Å². The fourth-order valence-corrected chi connectivity index (χ4v) is 5.18. The SMILES string of the molecule is CSc1nc2ccccc2[sH+]1.CSc1nc2ccccc2[sH+]1.[I][Pt][I]. The summed E-state index contributed by atoms with van der Waals surface area (Å²) in [5.41, 5.74) is 2.28. The van der Waals surface area contributed by atoms with Crippen molar-refractivity contribution in [2.45, 2.75) is 8.68 Å². The summed E-state index contributed by atoms with van der Waals surface area (Å²) >= 11 is 11.3. The first-order chi connectivity index (χ1) is 12.2. The molecule has 0 unspecified atom stereocenters. The minimum absolute atomic E-state index is 0.523. The third-order valence-electron chi connectivity index (χ3n) is 2.99. The van der Waals surface area contributed by atoms with E-state index in [2.05, 4.69) is 97.6 Å². The van der Waals surface area contributed by atoms with E-state index in [-0.39, 0.29) is 0 Å². The number of rotatable bonds is 2. The van der Waals surface area contributed by atoms with Crippen molar-refractivity contribution in [3.05, 3.63) is 48.5 Å². The molecule has 0 N–H and O–H groups in total. The standard InChI is InChI=1S/2C8H7NS2.2HI.Pt/c2*1-10-8-9-6-4-2-3-5-7(6)11-8;;;/h2*2-5H,1H3;2*1H;/q;;;;+2. The molecule has 0 fully saturated rings. The predicted octanol–water partition coefficient (Wildman–Crippen LogP) is 7.27. The molecule has 2 aromatic heterocycles. The number of para-hydroxylation sites is 2. The molecule has 0 radical (unpaired) electrons. The summed E-state index contributed by atoms with van der Waals surface area (Å²) in [6, 6.07) is 16.6. The van der Waals surface area contributed by atoms with E-state index in [0.29, 0.717) is 11.2 Å². The Morgan fingerprint density at radius 2 is 1.12 bits per heavy atom. The molecule has 0 spiro atoms. The number of halogens is 2. The molecule has 9 heteroatoms. The summed E-state index contributed by atoms with van der Waals surface area (Å²) in [4.78, 5) is 8.87. The summed E-state index contributed by atoms with van der Waals surface area (Å²) < 4.78 is 5.06. The zero-order valence-corrected chi connectivity index (χ0v) is 23.3. The van der Waals surface area contributed by atoms with Crippen molar-refractivity contribution in [2.75, 3.05) is 12.5 Å². The summed E-state index contributed by atoms with van der Waals surface area (Å²) in [7, 11) is 0. The van der Waals surface area contributed by atoms with Gasteiger partial charge in [0, 0.05) is 34.8 Å². The quantitative estimate of drug-likeness (QED) is 0.121. The Balaban J connectivity index is 0.000000156. The first-order valence-electron chi connectivity index (χ1n) is 6.91. The fourth-order valence-electron chi connectivity index (χ4n) is 1.95. The summed E-state index contributed by atoms with van der Waals surface area (Å²) in [5, 5.41) is 0. The number of nitrogens with zero attached hydrogens (tertiary/aromatic N) is 2. The van der Waals surface area contributed by atoms with Gasteiger partial charge in [0.25, 0.3) is 0 Å². The number of thioether (sulfide) groups is 2. The van der Waals surface area contributed by atoms with Gasteiger partial charge in [0.2, 0.25) is 0 Å². The summed E-state index contributed by atoms with van der Waals surface area (Å²) in [5.74, 6) is 0. The van der Waals surface area contributed by atoms with Crippen LogP contribution in [0.5, 0.6) is 0 Å². The number of thiazole rings is 2. The van der Waals surface area contributed by atoms with Crippen molar-refractivity contribution in [2.24, 2.45) is 0 Å². The van der Waals surface area contributed by atoms with Crippen LogP contribution in [0.4, 0.5) is 0 Å². The molecule has 4 aromatic rings. The number of aromatic nitrogens is 2. The molecule has 0 saturated carbocycles. The molecule has 0 saturated heterocycles. The van der Waals surface area contributed by atoms with E-state index in [1.165, 1.54) is 40.8 Å². The molecule has 2 nitrogen and oxygen atoms in total. The van der Waals surface area contributed by atoms with Crippen LogP contribution in [0, 0.1) is 0 Å². The second kappa shape index (κ2) is 12.5. The monoisotopic (exact) mass is 813 g/mol. The Labute approximate surface area is 193 Å². The maximum absolute atomic E-state index is 4.44. The molecule has 0 aliphatic heterocycles. The Bertz CT molecular complexity index is 773. The first-order valence-corrected chi connectivity index (χ1v) is 24.0. The third-order valence-corrected chi connectivity index (χ3v) is 7.37. The van der Waals surface area contributed by atoms with E-state index in [9.17, 15) is 0 Å². The Kier molecular flexibility index (Phi) is 11.2. The number of hydrogen-bond donors (Lipinski definition) is 0. The van der Waals surface area contributed by atoms with E-state index in [1.54, 1.807) is 23.5 Å². The van der Waals surface area contributed by atoms with E-state index < -0.39 is 0 Å². The molecular formula is C16H16I2N2PtS4+2. The van der Waals surface area contributed by atoms with E-state index in [1.807, 2.05) is 12.1 Å². The average Bonchev–Trinajstić information content (AvgIpc) is 3.26. The van der Waals surface area contributed by atoms with Crippen LogP contribution >= 0.6 is 84.9 Å². The van der Waals surface area contributed by atoms with Crippen molar-refractivity contribution in [1.82, 2.24) is 9.97 Å². The number of hydrogen-bond acceptors (Lipinski definition) is 4. The van der Waals surface area contributed by atoms with Gasteiger partial charge in [-0.05, 0) is 24.6 Å². The normalized spacial score (nSPS) is 10.2. The van der Waals surface area contributed by atoms with Crippen molar-refractivity contribution < 1.29 is 11.2 Å². The zero-order chi connectivity index (χ0) is 18.1. The first kappa shape index (κ1) is 22.4. The van der Waals surface area contributed by atoms with E-state index >= 15 is 0 Å². The van der Waals surface area contributed by atoms with Crippen LogP contribution in [0.2, 0.25) is 0 Å². The Morgan fingerprint density at radius 1 is 0.760 bits per heavy atom. The van der Waals surface area contributed by atoms with Crippen LogP contribution in [0.3, 0.4) is 0 Å². The number of fused-ring (bicyclic) bond motifs is 2. The van der Waals surface area contributed by atoms with Gasteiger partial charge in [-0.15, -0.1) is 0 Å². The molecule has 136 valence electrons. The number of benzene rings is 2. The van der Waals surface area contributed by atoms with E-state index in [4.69, 9.17) is 0 Å². The molecule has 0 bridgehead atoms. The van der Waals surface area contributed by atoms with Crippen molar-refractivity contribution in [3.8, 4) is 0 Å². The van der Waals surface area contributed by atoms with Gasteiger partial charge in [-0.3, -0.25) is 0 Å². The van der Waals surface area contributed by atoms with Crippen molar-refractivity contribution in [1.29, 1.82) is 0 Å². The van der Waals surface area contributed by atoms with Crippen LogP contribution in [0.1, 0.15) is 0 Å². The van der Waals surface area contributed by atoms with Gasteiger partial charge in [0.1, 0.15) is 11.0 Å². The van der Waals surface area contributed by atoms with Crippen molar-refractivity contribution in [3.63, 3.8) is 0 Å².